The molecule has 12 heteroatoms. The maximum absolute atomic E-state index is 11.6. The van der Waals surface area contributed by atoms with Crippen molar-refractivity contribution in [3.63, 3.8) is 0 Å². The average Bonchev–Trinajstić information content (AvgIpc) is 2.64. The highest BCUT2D eigenvalue weighted by molar-refractivity contribution is 7.46. The van der Waals surface area contributed by atoms with Crippen LogP contribution in [0.4, 0.5) is 5.82 Å². The van der Waals surface area contributed by atoms with E-state index in [4.69, 9.17) is 20.3 Å². The zero-order valence-electron chi connectivity index (χ0n) is 10.5. The number of nitrogens with zero attached hydrogens (tertiary/aromatic N) is 2. The van der Waals surface area contributed by atoms with Crippen LogP contribution in [0.25, 0.3) is 0 Å². The lowest BCUT2D eigenvalue weighted by Crippen LogP contribution is -2.36. The molecule has 2 heterocycles. The Bertz CT molecular complexity index is 615. The number of nitrogen functional groups attached to an aromatic ring is 1. The van der Waals surface area contributed by atoms with Gasteiger partial charge in [-0.2, -0.15) is 4.98 Å². The molecule has 2 rings (SSSR count). The van der Waals surface area contributed by atoms with Crippen molar-refractivity contribution in [3.05, 3.63) is 22.7 Å². The first-order valence-electron chi connectivity index (χ1n) is 5.75. The third-order valence-electron chi connectivity index (χ3n) is 2.87. The fraction of sp³-hybridized carbons (Fsp3) is 0.556. The molecule has 11 nitrogen and oxygen atoms in total. The van der Waals surface area contributed by atoms with Gasteiger partial charge < -0.3 is 30.5 Å². The number of anilines is 1. The SMILES string of the molecule is Nc1ccn([C@@H]2O[C@H](COP(=O)(O)O)C(O)C2O)c(=O)n1. The van der Waals surface area contributed by atoms with E-state index in [1.165, 1.54) is 12.3 Å². The van der Waals surface area contributed by atoms with Crippen molar-refractivity contribution < 1.29 is 33.8 Å². The normalized spacial score (nSPS) is 29.7. The van der Waals surface area contributed by atoms with E-state index in [0.29, 0.717) is 0 Å². The summed E-state index contributed by atoms with van der Waals surface area (Å²) in [7, 11) is -4.74. The molecule has 21 heavy (non-hydrogen) atoms. The molecule has 1 fully saturated rings. The number of hydrogen-bond acceptors (Lipinski definition) is 8. The molecule has 0 saturated carbocycles. The van der Waals surface area contributed by atoms with Crippen LogP contribution in [0, 0.1) is 0 Å². The Kier molecular flexibility index (Phi) is 4.44. The molecule has 6 N–H and O–H groups in total. The lowest BCUT2D eigenvalue weighted by molar-refractivity contribution is -0.0542. The number of aliphatic hydroxyl groups is 2. The van der Waals surface area contributed by atoms with Crippen molar-refractivity contribution in [2.75, 3.05) is 12.3 Å². The Labute approximate surface area is 117 Å². The molecule has 0 aliphatic carbocycles. The number of nitrogens with two attached hydrogens (primary N) is 1. The highest BCUT2D eigenvalue weighted by Crippen LogP contribution is 2.38. The van der Waals surface area contributed by atoms with Gasteiger partial charge in [-0.1, -0.05) is 0 Å². The second-order valence-electron chi connectivity index (χ2n) is 4.37. The number of aliphatic hydroxyl groups excluding tert-OH is 2. The first-order valence-corrected chi connectivity index (χ1v) is 7.28. The van der Waals surface area contributed by atoms with E-state index in [-0.39, 0.29) is 5.82 Å². The monoisotopic (exact) mass is 323 g/mol. The van der Waals surface area contributed by atoms with Crippen molar-refractivity contribution in [3.8, 4) is 0 Å². The summed E-state index contributed by atoms with van der Waals surface area (Å²) in [6.45, 7) is -0.657. The summed E-state index contributed by atoms with van der Waals surface area (Å²) in [4.78, 5) is 32.3. The maximum atomic E-state index is 11.6. The van der Waals surface area contributed by atoms with Crippen LogP contribution in [0.1, 0.15) is 6.23 Å². The van der Waals surface area contributed by atoms with Gasteiger partial charge >= 0.3 is 13.5 Å². The Morgan fingerprint density at radius 3 is 2.67 bits per heavy atom. The van der Waals surface area contributed by atoms with Gasteiger partial charge in [0.05, 0.1) is 6.61 Å². The van der Waals surface area contributed by atoms with E-state index in [9.17, 15) is 19.6 Å². The smallest absolute Gasteiger partial charge is 0.387 e. The number of hydrogen-bond donors (Lipinski definition) is 5. The molecular formula is C9H14N3O8P. The van der Waals surface area contributed by atoms with E-state index in [0.717, 1.165) is 4.57 Å². The van der Waals surface area contributed by atoms with Crippen molar-refractivity contribution in [2.45, 2.75) is 24.5 Å². The van der Waals surface area contributed by atoms with E-state index in [2.05, 4.69) is 9.51 Å². The second-order valence-corrected chi connectivity index (χ2v) is 5.61. The number of phosphoric ester groups is 1. The van der Waals surface area contributed by atoms with Gasteiger partial charge in [-0.25, -0.2) is 9.36 Å². The van der Waals surface area contributed by atoms with Crippen LogP contribution in [0.3, 0.4) is 0 Å². The first-order chi connectivity index (χ1) is 9.69. The van der Waals surface area contributed by atoms with Crippen LogP contribution in [0.2, 0.25) is 0 Å². The second kappa shape index (κ2) is 5.81. The minimum Gasteiger partial charge on any atom is -0.387 e. The minimum atomic E-state index is -4.74. The Morgan fingerprint density at radius 1 is 1.43 bits per heavy atom. The highest BCUT2D eigenvalue weighted by Gasteiger charge is 2.44. The molecule has 1 aromatic heterocycles. The van der Waals surface area contributed by atoms with Gasteiger partial charge in [0.15, 0.2) is 6.23 Å². The third kappa shape index (κ3) is 3.66. The van der Waals surface area contributed by atoms with Gasteiger partial charge in [-0.15, -0.1) is 0 Å². The van der Waals surface area contributed by atoms with E-state index in [1.807, 2.05) is 0 Å². The molecule has 118 valence electrons. The van der Waals surface area contributed by atoms with Crippen LogP contribution in [-0.4, -0.2) is 54.5 Å². The molecule has 1 saturated heterocycles. The summed E-state index contributed by atoms with van der Waals surface area (Å²) in [5.41, 5.74) is 4.52. The van der Waals surface area contributed by atoms with Crippen LogP contribution in [-0.2, 0) is 13.8 Å². The maximum Gasteiger partial charge on any atom is 0.469 e. The molecule has 1 aliphatic rings. The molecule has 1 aliphatic heterocycles. The number of phosphoric acid groups is 1. The Balaban J connectivity index is 2.16. The first kappa shape index (κ1) is 16.0. The molecule has 0 bridgehead atoms. The fourth-order valence-corrected chi connectivity index (χ4v) is 2.23. The Morgan fingerprint density at radius 2 is 2.10 bits per heavy atom. The summed E-state index contributed by atoms with van der Waals surface area (Å²) in [5.74, 6) is -0.0225. The standard InChI is InChI=1S/C9H14N3O8P/c10-5-1-2-12(9(15)11-5)8-7(14)6(13)4(20-8)3-19-21(16,17)18/h1-2,4,6-8,13-14H,3H2,(H2,10,11,15)(H2,16,17,18)/t4-,6?,7?,8-/m1/s1. The molecular weight excluding hydrogens is 309 g/mol. The van der Waals surface area contributed by atoms with Crippen molar-refractivity contribution in [2.24, 2.45) is 0 Å². The molecule has 0 amide bonds. The predicted octanol–water partition coefficient (Wildman–Crippen LogP) is -2.45. The summed E-state index contributed by atoms with van der Waals surface area (Å²) in [6, 6.07) is 1.29. The molecule has 1 aromatic rings. The molecule has 2 unspecified atom stereocenters. The largest absolute Gasteiger partial charge is 0.469 e. The van der Waals surface area contributed by atoms with E-state index in [1.54, 1.807) is 0 Å². The summed E-state index contributed by atoms with van der Waals surface area (Å²) in [6.07, 6.45) is -4.27. The summed E-state index contributed by atoms with van der Waals surface area (Å²) >= 11 is 0. The van der Waals surface area contributed by atoms with E-state index < -0.39 is 44.7 Å². The molecule has 0 aromatic carbocycles. The molecule has 4 atom stereocenters. The highest BCUT2D eigenvalue weighted by atomic mass is 31.2. The molecule has 0 spiro atoms. The summed E-state index contributed by atoms with van der Waals surface area (Å²) < 4.78 is 20.9. The number of aromatic nitrogens is 2. The quantitative estimate of drug-likeness (QED) is 0.374. The minimum absolute atomic E-state index is 0.0225. The van der Waals surface area contributed by atoms with Crippen molar-refractivity contribution >= 4 is 13.6 Å². The topological polar surface area (TPSA) is 177 Å². The van der Waals surface area contributed by atoms with Crippen molar-refractivity contribution in [1.29, 1.82) is 0 Å². The van der Waals surface area contributed by atoms with Crippen LogP contribution >= 0.6 is 7.82 Å². The summed E-state index contributed by atoms with van der Waals surface area (Å²) in [5, 5.41) is 19.6. The van der Waals surface area contributed by atoms with Crippen LogP contribution < -0.4 is 11.4 Å². The number of ether oxygens (including phenoxy) is 1. The van der Waals surface area contributed by atoms with Gasteiger partial charge in [-0.3, -0.25) is 9.09 Å². The zero-order valence-corrected chi connectivity index (χ0v) is 11.4. The van der Waals surface area contributed by atoms with Crippen LogP contribution in [0.15, 0.2) is 17.1 Å². The lowest BCUT2D eigenvalue weighted by Gasteiger charge is -2.16. The zero-order chi connectivity index (χ0) is 15.8. The third-order valence-corrected chi connectivity index (χ3v) is 3.36. The lowest BCUT2D eigenvalue weighted by atomic mass is 10.1. The van der Waals surface area contributed by atoms with Gasteiger partial charge in [-0.05, 0) is 6.07 Å². The van der Waals surface area contributed by atoms with Gasteiger partial charge in [0, 0.05) is 6.20 Å². The van der Waals surface area contributed by atoms with Gasteiger partial charge in [0.1, 0.15) is 24.1 Å². The van der Waals surface area contributed by atoms with E-state index >= 15 is 0 Å². The number of rotatable bonds is 4. The van der Waals surface area contributed by atoms with Gasteiger partial charge in [0.2, 0.25) is 0 Å². The Hall–Kier alpha value is -1.33. The van der Waals surface area contributed by atoms with Crippen molar-refractivity contribution in [1.82, 2.24) is 9.55 Å². The van der Waals surface area contributed by atoms with Crippen LogP contribution in [0.5, 0.6) is 0 Å². The predicted molar refractivity (Wildman–Crippen MR) is 66.8 cm³/mol. The average molecular weight is 323 g/mol. The molecule has 0 radical (unpaired) electrons. The van der Waals surface area contributed by atoms with Gasteiger partial charge in [0.25, 0.3) is 0 Å². The fourth-order valence-electron chi connectivity index (χ4n) is 1.89.